The third-order valence-corrected chi connectivity index (χ3v) is 5.00. The van der Waals surface area contributed by atoms with Gasteiger partial charge in [0.05, 0.1) is 22.3 Å². The van der Waals surface area contributed by atoms with Crippen LogP contribution in [-0.4, -0.2) is 15.7 Å². The van der Waals surface area contributed by atoms with Gasteiger partial charge in [0.1, 0.15) is 0 Å². The Morgan fingerprint density at radius 2 is 1.73 bits per heavy atom. The molecule has 0 aliphatic heterocycles. The molecule has 0 saturated heterocycles. The van der Waals surface area contributed by atoms with Crippen LogP contribution in [0.2, 0.25) is 5.02 Å². The van der Waals surface area contributed by atoms with Crippen LogP contribution in [0.5, 0.6) is 0 Å². The number of hydrogen-bond donors (Lipinski definition) is 1. The van der Waals surface area contributed by atoms with Crippen molar-refractivity contribution < 1.29 is 4.79 Å². The minimum atomic E-state index is -0.530. The lowest BCUT2D eigenvalue weighted by molar-refractivity contribution is -0.122. The van der Waals surface area contributed by atoms with Gasteiger partial charge in [0.2, 0.25) is 5.91 Å². The molecule has 3 aromatic rings. The fourth-order valence-corrected chi connectivity index (χ4v) is 3.31. The van der Waals surface area contributed by atoms with E-state index in [1.54, 1.807) is 23.3 Å². The lowest BCUT2D eigenvalue weighted by atomic mass is 9.93. The van der Waals surface area contributed by atoms with Crippen molar-refractivity contribution in [1.82, 2.24) is 15.1 Å². The van der Waals surface area contributed by atoms with Crippen LogP contribution in [0, 0.1) is 11.5 Å². The smallest absolute Gasteiger partial charge is 0.243 e. The van der Waals surface area contributed by atoms with E-state index in [2.05, 4.69) is 10.4 Å². The molecule has 1 aromatic heterocycles. The van der Waals surface area contributed by atoms with Gasteiger partial charge in [-0.1, -0.05) is 48.0 Å². The normalized spacial score (nSPS) is 14.5. The molecule has 2 aromatic carbocycles. The van der Waals surface area contributed by atoms with Gasteiger partial charge in [-0.25, -0.2) is 4.68 Å². The number of rotatable bonds is 4. The van der Waals surface area contributed by atoms with Gasteiger partial charge < -0.3 is 0 Å². The monoisotopic (exact) mass is 362 g/mol. The number of carbonyl (C=O) groups is 1. The first-order chi connectivity index (χ1) is 12.6. The Kier molecular flexibility index (Phi) is 3.98. The van der Waals surface area contributed by atoms with Crippen LogP contribution in [-0.2, 0) is 10.2 Å². The third-order valence-electron chi connectivity index (χ3n) is 4.81. The molecule has 1 aliphatic rings. The molecule has 0 atom stereocenters. The molecule has 0 bridgehead atoms. The molecule has 1 aliphatic carbocycles. The van der Waals surface area contributed by atoms with Gasteiger partial charge in [-0.05, 0) is 41.7 Å². The number of hydrogen-bond acceptors (Lipinski definition) is 3. The number of halogens is 1. The third kappa shape index (κ3) is 2.85. The summed E-state index contributed by atoms with van der Waals surface area (Å²) in [5.41, 5.74) is 3.50. The van der Waals surface area contributed by atoms with Crippen molar-refractivity contribution in [2.45, 2.75) is 18.3 Å². The predicted octanol–water partition coefficient (Wildman–Crippen LogP) is 3.82. The van der Waals surface area contributed by atoms with Crippen molar-refractivity contribution in [1.29, 1.82) is 5.26 Å². The molecule has 1 saturated carbocycles. The molecule has 1 amide bonds. The highest BCUT2D eigenvalue weighted by atomic mass is 35.5. The van der Waals surface area contributed by atoms with Crippen molar-refractivity contribution in [2.24, 2.45) is 0 Å². The molecule has 0 spiro atoms. The van der Waals surface area contributed by atoms with Crippen molar-refractivity contribution in [3.8, 4) is 23.0 Å². The molecular formula is C20H15ClN4O. The van der Waals surface area contributed by atoms with E-state index in [9.17, 15) is 4.79 Å². The number of carbonyl (C=O) groups excluding carboxylic acids is 1. The van der Waals surface area contributed by atoms with E-state index in [-0.39, 0.29) is 5.91 Å². The summed E-state index contributed by atoms with van der Waals surface area (Å²) >= 11 is 5.91. The molecular weight excluding hydrogens is 348 g/mol. The van der Waals surface area contributed by atoms with Crippen LogP contribution in [0.3, 0.4) is 0 Å². The Hall–Kier alpha value is -3.10. The highest BCUT2D eigenvalue weighted by Gasteiger charge is 2.51. The van der Waals surface area contributed by atoms with Gasteiger partial charge in [0, 0.05) is 6.20 Å². The number of nitrogens with zero attached hydrogens (tertiary/aromatic N) is 3. The maximum Gasteiger partial charge on any atom is 0.243 e. The van der Waals surface area contributed by atoms with Gasteiger partial charge in [-0.3, -0.25) is 10.1 Å². The Labute approximate surface area is 155 Å². The fourth-order valence-electron chi connectivity index (χ4n) is 3.17. The zero-order chi connectivity index (χ0) is 18.1. The van der Waals surface area contributed by atoms with Crippen molar-refractivity contribution >= 4 is 17.5 Å². The topological polar surface area (TPSA) is 70.7 Å². The maximum absolute atomic E-state index is 12.1. The van der Waals surface area contributed by atoms with Crippen molar-refractivity contribution in [2.75, 3.05) is 0 Å². The Bertz CT molecular complexity index is 996. The van der Waals surface area contributed by atoms with Crippen molar-refractivity contribution in [3.05, 3.63) is 71.5 Å². The standard InChI is InChI=1S/C20H15ClN4O/c21-17-11-24-25(12-17)18-7-3-15(4-8-18)14-1-5-16(6-2-14)20(9-10-20)19(26)23-13-22/h1-8,11-12H,9-10H2,(H,23,26). The van der Waals surface area contributed by atoms with Crippen LogP contribution < -0.4 is 5.32 Å². The van der Waals surface area contributed by atoms with Crippen LogP contribution in [0.1, 0.15) is 18.4 Å². The SMILES string of the molecule is N#CNC(=O)C1(c2ccc(-c3ccc(-n4cc(Cl)cn4)cc3)cc2)CC1. The van der Waals surface area contributed by atoms with Crippen LogP contribution in [0.25, 0.3) is 16.8 Å². The molecule has 4 rings (SSSR count). The first-order valence-corrected chi connectivity index (χ1v) is 8.61. The van der Waals surface area contributed by atoms with E-state index in [1.807, 2.05) is 48.5 Å². The first kappa shape index (κ1) is 16.4. The first-order valence-electron chi connectivity index (χ1n) is 8.23. The summed E-state index contributed by atoms with van der Waals surface area (Å²) in [6.07, 6.45) is 6.64. The minimum Gasteiger partial charge on any atom is -0.273 e. The lowest BCUT2D eigenvalue weighted by Crippen LogP contribution is -2.31. The summed E-state index contributed by atoms with van der Waals surface area (Å²) in [6.45, 7) is 0. The molecule has 128 valence electrons. The minimum absolute atomic E-state index is 0.213. The van der Waals surface area contributed by atoms with E-state index in [1.165, 1.54) is 0 Å². The zero-order valence-corrected chi connectivity index (χ0v) is 14.6. The summed E-state index contributed by atoms with van der Waals surface area (Å²) in [5, 5.41) is 15.7. The highest BCUT2D eigenvalue weighted by molar-refractivity contribution is 6.30. The van der Waals surface area contributed by atoms with E-state index in [0.29, 0.717) is 5.02 Å². The fraction of sp³-hybridized carbons (Fsp3) is 0.150. The maximum atomic E-state index is 12.1. The van der Waals surface area contributed by atoms with E-state index < -0.39 is 5.41 Å². The van der Waals surface area contributed by atoms with Gasteiger partial charge in [0.25, 0.3) is 0 Å². The molecule has 0 unspecified atom stereocenters. The number of nitrogens with one attached hydrogen (secondary N) is 1. The summed E-state index contributed by atoms with van der Waals surface area (Å²) in [4.78, 5) is 12.1. The highest BCUT2D eigenvalue weighted by Crippen LogP contribution is 2.48. The van der Waals surface area contributed by atoms with Crippen LogP contribution in [0.15, 0.2) is 60.9 Å². The van der Waals surface area contributed by atoms with Gasteiger partial charge in [-0.15, -0.1) is 0 Å². The predicted molar refractivity (Wildman–Crippen MR) is 98.7 cm³/mol. The van der Waals surface area contributed by atoms with Crippen molar-refractivity contribution in [3.63, 3.8) is 0 Å². The quantitative estimate of drug-likeness (QED) is 0.566. The average Bonchev–Trinajstić information content (AvgIpc) is 3.38. The van der Waals surface area contributed by atoms with E-state index in [4.69, 9.17) is 16.9 Å². The summed E-state index contributed by atoms with van der Waals surface area (Å²) < 4.78 is 1.72. The molecule has 6 heteroatoms. The molecule has 0 radical (unpaired) electrons. The second-order valence-electron chi connectivity index (χ2n) is 6.38. The summed E-state index contributed by atoms with van der Waals surface area (Å²) in [5.74, 6) is -0.213. The number of benzene rings is 2. The molecule has 1 N–H and O–H groups in total. The second-order valence-corrected chi connectivity index (χ2v) is 6.81. The lowest BCUT2D eigenvalue weighted by Gasteiger charge is -2.13. The molecule has 1 heterocycles. The second kappa shape index (κ2) is 6.32. The number of amides is 1. The van der Waals surface area contributed by atoms with Crippen LogP contribution in [0.4, 0.5) is 0 Å². The Morgan fingerprint density at radius 3 is 2.23 bits per heavy atom. The van der Waals surface area contributed by atoms with E-state index >= 15 is 0 Å². The molecule has 1 fully saturated rings. The average molecular weight is 363 g/mol. The zero-order valence-electron chi connectivity index (χ0n) is 13.8. The molecule has 5 nitrogen and oxygen atoms in total. The van der Waals surface area contributed by atoms with Gasteiger partial charge in [-0.2, -0.15) is 10.4 Å². The summed E-state index contributed by atoms with van der Waals surface area (Å²) in [6, 6.07) is 16.0. The van der Waals surface area contributed by atoms with E-state index in [0.717, 1.165) is 35.2 Å². The summed E-state index contributed by atoms with van der Waals surface area (Å²) in [7, 11) is 0. The molecule has 26 heavy (non-hydrogen) atoms. The van der Waals surface area contributed by atoms with Gasteiger partial charge in [0.15, 0.2) is 6.19 Å². The number of aromatic nitrogens is 2. The largest absolute Gasteiger partial charge is 0.273 e. The van der Waals surface area contributed by atoms with Gasteiger partial charge >= 0.3 is 0 Å². The number of nitriles is 1. The Balaban J connectivity index is 1.56. The Morgan fingerprint density at radius 1 is 1.12 bits per heavy atom. The van der Waals surface area contributed by atoms with Crippen LogP contribution >= 0.6 is 11.6 Å².